The van der Waals surface area contributed by atoms with Crippen LogP contribution in [0.15, 0.2) is 55.6 Å². The summed E-state index contributed by atoms with van der Waals surface area (Å²) in [6.07, 6.45) is 2.04. The molecule has 1 aromatic rings. The average Bonchev–Trinajstić information content (AvgIpc) is 2.52. The summed E-state index contributed by atoms with van der Waals surface area (Å²) in [5.41, 5.74) is -0.718. The molecule has 1 aromatic carbocycles. The maximum absolute atomic E-state index is 12.6. The lowest BCUT2D eigenvalue weighted by atomic mass is 9.77. The van der Waals surface area contributed by atoms with Crippen LogP contribution in [0.5, 0.6) is 0 Å². The zero-order valence-electron chi connectivity index (χ0n) is 14.0. The van der Waals surface area contributed by atoms with Crippen molar-refractivity contribution in [1.29, 1.82) is 0 Å². The van der Waals surface area contributed by atoms with Gasteiger partial charge in [-0.3, -0.25) is 9.59 Å². The van der Waals surface area contributed by atoms with Gasteiger partial charge in [0.1, 0.15) is 6.10 Å². The van der Waals surface area contributed by atoms with Crippen LogP contribution in [0.3, 0.4) is 0 Å². The highest BCUT2D eigenvalue weighted by Gasteiger charge is 2.60. The van der Waals surface area contributed by atoms with Crippen molar-refractivity contribution < 1.29 is 23.8 Å². The first-order valence-electron chi connectivity index (χ1n) is 7.71. The summed E-state index contributed by atoms with van der Waals surface area (Å²) < 4.78 is 16.4. The Balaban J connectivity index is 2.29. The lowest BCUT2D eigenvalue weighted by Gasteiger charge is -2.42. The Morgan fingerprint density at radius 1 is 1.12 bits per heavy atom. The van der Waals surface area contributed by atoms with E-state index in [1.54, 1.807) is 0 Å². The summed E-state index contributed by atoms with van der Waals surface area (Å²) >= 11 is 0. The van der Waals surface area contributed by atoms with E-state index in [-0.39, 0.29) is 13.0 Å². The fourth-order valence-corrected chi connectivity index (χ4v) is 2.65. The molecular weight excluding hydrogens is 308 g/mol. The number of carbonyl (C=O) groups excluding carboxylic acids is 2. The molecule has 2 rings (SSSR count). The second-order valence-corrected chi connectivity index (χ2v) is 6.10. The molecule has 0 amide bonds. The van der Waals surface area contributed by atoms with E-state index >= 15 is 0 Å². The summed E-state index contributed by atoms with van der Waals surface area (Å²) in [6, 6.07) is 9.44. The molecule has 5 nitrogen and oxygen atoms in total. The molecule has 0 aromatic heterocycles. The zero-order valence-corrected chi connectivity index (χ0v) is 14.0. The molecule has 5 heteroatoms. The molecule has 1 atom stereocenters. The molecule has 128 valence electrons. The molecule has 1 saturated heterocycles. The monoisotopic (exact) mass is 330 g/mol. The van der Waals surface area contributed by atoms with Crippen LogP contribution in [0.2, 0.25) is 0 Å². The van der Waals surface area contributed by atoms with E-state index < -0.39 is 29.2 Å². The van der Waals surface area contributed by atoms with Crippen LogP contribution in [0.25, 0.3) is 0 Å². The lowest BCUT2D eigenvalue weighted by Crippen LogP contribution is -2.59. The van der Waals surface area contributed by atoms with Gasteiger partial charge in [0.05, 0.1) is 6.61 Å². The molecule has 0 saturated carbocycles. The van der Waals surface area contributed by atoms with E-state index in [2.05, 4.69) is 13.2 Å². The van der Waals surface area contributed by atoms with Gasteiger partial charge in [-0.15, -0.1) is 13.2 Å². The Labute approximate surface area is 141 Å². The number of benzene rings is 1. The molecule has 0 aliphatic carbocycles. The summed E-state index contributed by atoms with van der Waals surface area (Å²) in [5, 5.41) is 0. The number of ether oxygens (including phenoxy) is 3. The van der Waals surface area contributed by atoms with Gasteiger partial charge in [-0.05, 0) is 12.0 Å². The molecule has 0 radical (unpaired) electrons. The predicted octanol–water partition coefficient (Wildman–Crippen LogP) is 3.16. The Kier molecular flexibility index (Phi) is 5.24. The Morgan fingerprint density at radius 2 is 1.71 bits per heavy atom. The van der Waals surface area contributed by atoms with Gasteiger partial charge in [0.2, 0.25) is 0 Å². The maximum Gasteiger partial charge on any atom is 0.330 e. The number of esters is 2. The highest BCUT2D eigenvalue weighted by atomic mass is 16.7. The number of carbonyl (C=O) groups is 2. The SMILES string of the molecule is C=CCC1([C@@H](C=C)OCc2ccccc2)C(=O)OC(C)(C)OC1=O. The summed E-state index contributed by atoms with van der Waals surface area (Å²) in [4.78, 5) is 25.3. The van der Waals surface area contributed by atoms with Crippen LogP contribution in [-0.4, -0.2) is 23.8 Å². The summed E-state index contributed by atoms with van der Waals surface area (Å²) in [5.74, 6) is -2.69. The van der Waals surface area contributed by atoms with Crippen molar-refractivity contribution >= 4 is 11.9 Å². The number of hydrogen-bond acceptors (Lipinski definition) is 5. The van der Waals surface area contributed by atoms with E-state index in [0.29, 0.717) is 0 Å². The maximum atomic E-state index is 12.6. The van der Waals surface area contributed by atoms with Gasteiger partial charge in [-0.25, -0.2) is 0 Å². The van der Waals surface area contributed by atoms with Gasteiger partial charge >= 0.3 is 11.9 Å². The molecule has 0 unspecified atom stereocenters. The van der Waals surface area contributed by atoms with Crippen LogP contribution in [-0.2, 0) is 30.4 Å². The predicted molar refractivity (Wildman–Crippen MR) is 88.7 cm³/mol. The largest absolute Gasteiger partial charge is 0.422 e. The first-order valence-corrected chi connectivity index (χ1v) is 7.71. The summed E-state index contributed by atoms with van der Waals surface area (Å²) in [7, 11) is 0. The van der Waals surface area contributed by atoms with Crippen molar-refractivity contribution in [3.8, 4) is 0 Å². The number of cyclic esters (lactones) is 2. The van der Waals surface area contributed by atoms with E-state index in [1.807, 2.05) is 30.3 Å². The standard InChI is InChI=1S/C19H22O5/c1-5-12-19(16(20)23-18(3,4)24-17(19)21)15(6-2)22-13-14-10-8-7-9-11-14/h5-11,15H,1-2,12-13H2,3-4H3/t15-/m1/s1. The Hall–Kier alpha value is -2.40. The van der Waals surface area contributed by atoms with Crippen molar-refractivity contribution in [3.05, 3.63) is 61.2 Å². The van der Waals surface area contributed by atoms with E-state index in [1.165, 1.54) is 26.0 Å². The third kappa shape index (κ3) is 3.41. The molecule has 0 N–H and O–H groups in total. The highest BCUT2D eigenvalue weighted by Crippen LogP contribution is 2.40. The van der Waals surface area contributed by atoms with Crippen LogP contribution < -0.4 is 0 Å². The second-order valence-electron chi connectivity index (χ2n) is 6.10. The molecule has 24 heavy (non-hydrogen) atoms. The number of rotatable bonds is 7. The number of allylic oxidation sites excluding steroid dienone is 1. The Morgan fingerprint density at radius 3 is 2.21 bits per heavy atom. The molecule has 1 aliphatic heterocycles. The minimum Gasteiger partial charge on any atom is -0.422 e. The average molecular weight is 330 g/mol. The molecular formula is C19H22O5. The quantitative estimate of drug-likeness (QED) is 0.436. The van der Waals surface area contributed by atoms with Crippen LogP contribution in [0.4, 0.5) is 0 Å². The van der Waals surface area contributed by atoms with Crippen molar-refractivity contribution in [2.45, 2.75) is 38.8 Å². The van der Waals surface area contributed by atoms with Crippen molar-refractivity contribution in [2.24, 2.45) is 5.41 Å². The Bertz CT molecular complexity index is 612. The molecule has 1 fully saturated rings. The number of hydrogen-bond donors (Lipinski definition) is 0. The minimum absolute atomic E-state index is 0.0340. The fraction of sp³-hybridized carbons (Fsp3) is 0.368. The smallest absolute Gasteiger partial charge is 0.330 e. The van der Waals surface area contributed by atoms with Gasteiger partial charge in [-0.1, -0.05) is 42.5 Å². The van der Waals surface area contributed by atoms with Crippen LogP contribution in [0, 0.1) is 5.41 Å². The third-order valence-electron chi connectivity index (χ3n) is 3.84. The first kappa shape index (κ1) is 17.9. The molecule has 0 spiro atoms. The minimum atomic E-state index is -1.63. The van der Waals surface area contributed by atoms with Crippen molar-refractivity contribution in [1.82, 2.24) is 0 Å². The molecule has 0 bridgehead atoms. The van der Waals surface area contributed by atoms with E-state index in [4.69, 9.17) is 14.2 Å². The fourth-order valence-electron chi connectivity index (χ4n) is 2.65. The first-order chi connectivity index (χ1) is 11.4. The second kappa shape index (κ2) is 7.01. The normalized spacial score (nSPS) is 19.8. The lowest BCUT2D eigenvalue weighted by molar-refractivity contribution is -0.258. The zero-order chi connectivity index (χ0) is 17.8. The van der Waals surface area contributed by atoms with Crippen LogP contribution >= 0.6 is 0 Å². The van der Waals surface area contributed by atoms with Crippen molar-refractivity contribution in [3.63, 3.8) is 0 Å². The van der Waals surface area contributed by atoms with Gasteiger partial charge in [0.15, 0.2) is 5.41 Å². The molecule has 1 heterocycles. The van der Waals surface area contributed by atoms with E-state index in [9.17, 15) is 9.59 Å². The van der Waals surface area contributed by atoms with Gasteiger partial charge in [0, 0.05) is 13.8 Å². The van der Waals surface area contributed by atoms with Gasteiger partial charge in [-0.2, -0.15) is 0 Å². The van der Waals surface area contributed by atoms with Gasteiger partial charge in [0.25, 0.3) is 5.79 Å². The topological polar surface area (TPSA) is 61.8 Å². The summed E-state index contributed by atoms with van der Waals surface area (Å²) in [6.45, 7) is 10.6. The highest BCUT2D eigenvalue weighted by molar-refractivity contribution is 6.03. The van der Waals surface area contributed by atoms with Gasteiger partial charge < -0.3 is 14.2 Å². The van der Waals surface area contributed by atoms with Crippen molar-refractivity contribution in [2.75, 3.05) is 0 Å². The third-order valence-corrected chi connectivity index (χ3v) is 3.84. The molecule has 1 aliphatic rings. The van der Waals surface area contributed by atoms with Crippen LogP contribution in [0.1, 0.15) is 25.8 Å². The van der Waals surface area contributed by atoms with E-state index in [0.717, 1.165) is 5.56 Å².